The van der Waals surface area contributed by atoms with Crippen molar-refractivity contribution in [3.05, 3.63) is 30.3 Å². The molecule has 0 heterocycles. The van der Waals surface area contributed by atoms with Gasteiger partial charge in [-0.3, -0.25) is 9.59 Å². The van der Waals surface area contributed by atoms with E-state index in [4.69, 9.17) is 10.5 Å². The summed E-state index contributed by atoms with van der Waals surface area (Å²) < 4.78 is 9.26. The molecule has 0 bridgehead atoms. The topological polar surface area (TPSA) is 108 Å². The van der Waals surface area contributed by atoms with Crippen molar-refractivity contribution in [2.24, 2.45) is 5.73 Å². The summed E-state index contributed by atoms with van der Waals surface area (Å²) >= 11 is 0. The highest BCUT2D eigenvalue weighted by Crippen LogP contribution is 2.07. The lowest BCUT2D eigenvalue weighted by atomic mass is 10.3. The summed E-state index contributed by atoms with van der Waals surface area (Å²) in [6.07, 6.45) is -0.794. The Morgan fingerprint density at radius 3 is 2.44 bits per heavy atom. The van der Waals surface area contributed by atoms with Gasteiger partial charge in [-0.05, 0) is 12.1 Å². The minimum atomic E-state index is -0.794. The maximum atomic E-state index is 11.2. The molecule has 1 aromatic carbocycles. The molecule has 0 spiro atoms. The summed E-state index contributed by atoms with van der Waals surface area (Å²) in [6.45, 7) is -0.923. The van der Waals surface area contributed by atoms with Crippen molar-refractivity contribution >= 4 is 18.0 Å². The van der Waals surface area contributed by atoms with Crippen LogP contribution in [-0.4, -0.2) is 31.1 Å². The predicted molar refractivity (Wildman–Crippen MR) is 60.6 cm³/mol. The Balaban J connectivity index is 2.25. The smallest absolute Gasteiger partial charge is 0.413 e. The Hall–Kier alpha value is -2.57. The standard InChI is InChI=1S/C11H12N2O5/c12-9(14)7-17-10(15)6-13-11(16)18-8-4-2-1-3-5-8/h1-5H,6-7H2,(H2,12,14)(H,13,16). The van der Waals surface area contributed by atoms with Gasteiger partial charge in [-0.25, -0.2) is 4.79 Å². The van der Waals surface area contributed by atoms with Crippen LogP contribution in [0.25, 0.3) is 0 Å². The lowest BCUT2D eigenvalue weighted by Crippen LogP contribution is -2.34. The zero-order chi connectivity index (χ0) is 13.4. The molecule has 0 saturated heterocycles. The fourth-order valence-corrected chi connectivity index (χ4v) is 0.979. The van der Waals surface area contributed by atoms with Gasteiger partial charge in [0.05, 0.1) is 0 Å². The maximum absolute atomic E-state index is 11.2. The van der Waals surface area contributed by atoms with Gasteiger partial charge in [0.2, 0.25) is 0 Å². The summed E-state index contributed by atoms with van der Waals surface area (Å²) in [4.78, 5) is 32.5. The molecule has 0 aromatic heterocycles. The van der Waals surface area contributed by atoms with Gasteiger partial charge in [0.15, 0.2) is 6.61 Å². The molecule has 2 amide bonds. The van der Waals surface area contributed by atoms with Crippen LogP contribution in [0.4, 0.5) is 4.79 Å². The average Bonchev–Trinajstić information content (AvgIpc) is 2.35. The number of nitrogens with one attached hydrogen (secondary N) is 1. The van der Waals surface area contributed by atoms with Crippen LogP contribution in [0.1, 0.15) is 0 Å². The van der Waals surface area contributed by atoms with Crippen LogP contribution >= 0.6 is 0 Å². The number of amides is 2. The highest BCUT2D eigenvalue weighted by molar-refractivity contribution is 5.82. The third-order valence-corrected chi connectivity index (χ3v) is 1.71. The van der Waals surface area contributed by atoms with Crippen molar-refractivity contribution in [1.29, 1.82) is 0 Å². The Morgan fingerprint density at radius 2 is 1.83 bits per heavy atom. The SMILES string of the molecule is NC(=O)COC(=O)CNC(=O)Oc1ccccc1. The van der Waals surface area contributed by atoms with E-state index in [2.05, 4.69) is 10.1 Å². The van der Waals surface area contributed by atoms with Gasteiger partial charge in [-0.15, -0.1) is 0 Å². The van der Waals surface area contributed by atoms with Gasteiger partial charge >= 0.3 is 12.1 Å². The second kappa shape index (κ2) is 6.89. The zero-order valence-electron chi connectivity index (χ0n) is 9.42. The molecule has 0 aliphatic carbocycles. The number of primary amides is 1. The van der Waals surface area contributed by atoms with Gasteiger partial charge in [0.25, 0.3) is 5.91 Å². The molecule has 0 radical (unpaired) electrons. The second-order valence-corrected chi connectivity index (χ2v) is 3.18. The number of rotatable bonds is 5. The first kappa shape index (κ1) is 13.5. The van der Waals surface area contributed by atoms with E-state index in [9.17, 15) is 14.4 Å². The van der Waals surface area contributed by atoms with E-state index in [0.717, 1.165) is 0 Å². The van der Waals surface area contributed by atoms with Gasteiger partial charge in [0, 0.05) is 0 Å². The van der Waals surface area contributed by atoms with Crippen molar-refractivity contribution in [3.63, 3.8) is 0 Å². The van der Waals surface area contributed by atoms with E-state index in [1.54, 1.807) is 30.3 Å². The molecule has 0 aliphatic heterocycles. The molecule has 7 nitrogen and oxygen atoms in total. The number of carbonyl (C=O) groups excluding carboxylic acids is 3. The number of benzene rings is 1. The van der Waals surface area contributed by atoms with Crippen LogP contribution in [0.5, 0.6) is 5.75 Å². The van der Waals surface area contributed by atoms with Crippen LogP contribution in [0.2, 0.25) is 0 Å². The van der Waals surface area contributed by atoms with Crippen LogP contribution in [-0.2, 0) is 14.3 Å². The molecule has 96 valence electrons. The maximum Gasteiger partial charge on any atom is 0.413 e. The van der Waals surface area contributed by atoms with Crippen molar-refractivity contribution in [2.75, 3.05) is 13.2 Å². The summed E-state index contributed by atoms with van der Waals surface area (Å²) in [6, 6.07) is 8.34. The molecule has 1 aromatic rings. The van der Waals surface area contributed by atoms with E-state index in [-0.39, 0.29) is 0 Å². The third kappa shape index (κ3) is 5.50. The lowest BCUT2D eigenvalue weighted by Gasteiger charge is -2.06. The Bertz CT molecular complexity index is 432. The molecule has 0 atom stereocenters. The quantitative estimate of drug-likeness (QED) is 0.706. The second-order valence-electron chi connectivity index (χ2n) is 3.18. The van der Waals surface area contributed by atoms with E-state index in [1.807, 2.05) is 0 Å². The van der Waals surface area contributed by atoms with Gasteiger partial charge < -0.3 is 20.5 Å². The van der Waals surface area contributed by atoms with Crippen molar-refractivity contribution in [3.8, 4) is 5.75 Å². The van der Waals surface area contributed by atoms with Crippen LogP contribution in [0.3, 0.4) is 0 Å². The van der Waals surface area contributed by atoms with Gasteiger partial charge in [-0.2, -0.15) is 0 Å². The van der Waals surface area contributed by atoms with Gasteiger partial charge in [-0.1, -0.05) is 18.2 Å². The normalized spacial score (nSPS) is 9.33. The van der Waals surface area contributed by atoms with Crippen LogP contribution < -0.4 is 15.8 Å². The number of para-hydroxylation sites is 1. The lowest BCUT2D eigenvalue weighted by molar-refractivity contribution is -0.146. The molecule has 0 saturated carbocycles. The van der Waals surface area contributed by atoms with Crippen LogP contribution in [0.15, 0.2) is 30.3 Å². The zero-order valence-corrected chi connectivity index (χ0v) is 9.42. The van der Waals surface area contributed by atoms with Gasteiger partial charge in [0.1, 0.15) is 12.3 Å². The van der Waals surface area contributed by atoms with Crippen molar-refractivity contribution in [1.82, 2.24) is 5.32 Å². The van der Waals surface area contributed by atoms with E-state index in [1.165, 1.54) is 0 Å². The first-order valence-electron chi connectivity index (χ1n) is 5.02. The van der Waals surface area contributed by atoms with E-state index in [0.29, 0.717) is 5.75 Å². The van der Waals surface area contributed by atoms with Crippen molar-refractivity contribution < 1.29 is 23.9 Å². The highest BCUT2D eigenvalue weighted by atomic mass is 16.6. The number of esters is 1. The molecule has 7 heteroatoms. The first-order chi connectivity index (χ1) is 8.58. The van der Waals surface area contributed by atoms with E-state index < -0.39 is 31.1 Å². The van der Waals surface area contributed by atoms with Crippen LogP contribution in [0, 0.1) is 0 Å². The number of hydrogen-bond acceptors (Lipinski definition) is 5. The first-order valence-corrected chi connectivity index (χ1v) is 5.02. The fraction of sp³-hybridized carbons (Fsp3) is 0.182. The fourth-order valence-electron chi connectivity index (χ4n) is 0.979. The monoisotopic (exact) mass is 252 g/mol. The Morgan fingerprint density at radius 1 is 1.17 bits per heavy atom. The Kier molecular flexibility index (Phi) is 5.17. The minimum absolute atomic E-state index is 0.348. The number of ether oxygens (including phenoxy) is 2. The third-order valence-electron chi connectivity index (χ3n) is 1.71. The summed E-state index contributed by atoms with van der Waals surface area (Å²) in [5.41, 5.74) is 4.77. The number of hydrogen-bond donors (Lipinski definition) is 2. The summed E-state index contributed by atoms with van der Waals surface area (Å²) in [5, 5.41) is 2.17. The minimum Gasteiger partial charge on any atom is -0.454 e. The summed E-state index contributed by atoms with van der Waals surface area (Å²) in [5.74, 6) is -1.20. The van der Waals surface area contributed by atoms with Crippen molar-refractivity contribution in [2.45, 2.75) is 0 Å². The molecule has 0 aliphatic rings. The highest BCUT2D eigenvalue weighted by Gasteiger charge is 2.09. The van der Waals surface area contributed by atoms with E-state index >= 15 is 0 Å². The molecule has 0 unspecified atom stereocenters. The Labute approximate surface area is 103 Å². The summed E-state index contributed by atoms with van der Waals surface area (Å²) in [7, 11) is 0. The number of nitrogens with two attached hydrogens (primary N) is 1. The average molecular weight is 252 g/mol. The molecular formula is C11H12N2O5. The molecule has 3 N–H and O–H groups in total. The molecule has 0 fully saturated rings. The predicted octanol–water partition coefficient (Wildman–Crippen LogP) is -0.197. The molecule has 18 heavy (non-hydrogen) atoms. The molecule has 1 rings (SSSR count). The molecular weight excluding hydrogens is 240 g/mol. The number of carbonyl (C=O) groups is 3. The largest absolute Gasteiger partial charge is 0.454 e.